The van der Waals surface area contributed by atoms with Gasteiger partial charge in [0.25, 0.3) is 5.69 Å². The van der Waals surface area contributed by atoms with Gasteiger partial charge in [0, 0.05) is 28.8 Å². The Morgan fingerprint density at radius 3 is 2.45 bits per heavy atom. The number of nitro benzene ring substituents is 1. The topological polar surface area (TPSA) is 131 Å². The van der Waals surface area contributed by atoms with E-state index < -0.39 is 10.8 Å². The van der Waals surface area contributed by atoms with Gasteiger partial charge in [-0.1, -0.05) is 60.7 Å². The average Bonchev–Trinajstić information content (AvgIpc) is 3.32. The zero-order valence-electron chi connectivity index (χ0n) is 17.6. The van der Waals surface area contributed by atoms with Gasteiger partial charge in [-0.15, -0.1) is 5.10 Å². The summed E-state index contributed by atoms with van der Waals surface area (Å²) in [6.45, 7) is 1.72. The van der Waals surface area contributed by atoms with Crippen LogP contribution in [0.4, 0.5) is 11.6 Å². The van der Waals surface area contributed by atoms with Crippen molar-refractivity contribution in [2.75, 3.05) is 5.32 Å². The van der Waals surface area contributed by atoms with E-state index in [1.54, 1.807) is 67.6 Å². The monoisotopic (exact) mass is 441 g/mol. The molecule has 1 amide bonds. The molecule has 0 aliphatic rings. The first-order valence-corrected chi connectivity index (χ1v) is 10.1. The summed E-state index contributed by atoms with van der Waals surface area (Å²) >= 11 is 0. The molecule has 164 valence electrons. The second-order valence-electron chi connectivity index (χ2n) is 7.35. The van der Waals surface area contributed by atoms with Crippen LogP contribution in [0.3, 0.4) is 0 Å². The number of H-pyrrole nitrogens is 1. The molecule has 0 saturated heterocycles. The first-order valence-electron chi connectivity index (χ1n) is 10.1. The summed E-state index contributed by atoms with van der Waals surface area (Å²) in [4.78, 5) is 40.2. The lowest BCUT2D eigenvalue weighted by Crippen LogP contribution is -2.20. The first-order chi connectivity index (χ1) is 15.9. The van der Waals surface area contributed by atoms with Crippen molar-refractivity contribution in [3.8, 4) is 11.4 Å². The Morgan fingerprint density at radius 1 is 0.970 bits per heavy atom. The number of carbonyl (C=O) groups is 2. The Labute approximate surface area is 188 Å². The number of nitro groups is 1. The average molecular weight is 441 g/mol. The summed E-state index contributed by atoms with van der Waals surface area (Å²) in [5.74, 6) is -0.722. The Kier molecular flexibility index (Phi) is 6.03. The summed E-state index contributed by atoms with van der Waals surface area (Å²) in [5.41, 5.74) is 2.12. The quantitative estimate of drug-likeness (QED) is 0.249. The zero-order chi connectivity index (χ0) is 23.4. The fourth-order valence-electron chi connectivity index (χ4n) is 3.29. The number of ketones is 1. The summed E-state index contributed by atoms with van der Waals surface area (Å²) < 4.78 is 0. The molecule has 3 aromatic carbocycles. The number of benzene rings is 3. The van der Waals surface area contributed by atoms with Crippen LogP contribution in [0.1, 0.15) is 34.3 Å². The van der Waals surface area contributed by atoms with Crippen molar-refractivity contribution in [1.82, 2.24) is 15.2 Å². The van der Waals surface area contributed by atoms with Gasteiger partial charge in [0.1, 0.15) is 0 Å². The highest BCUT2D eigenvalue weighted by Gasteiger charge is 2.19. The fourth-order valence-corrected chi connectivity index (χ4v) is 3.29. The standard InChI is InChI=1S/C24H19N5O4/c1-15(17-9-5-10-18(13-17)21(30)16-7-3-2-4-8-16)23(31)26-24-25-22(27-28-24)19-11-6-12-20(14-19)29(32)33/h2-15H,1H3,(H2,25,26,27,28,31). The number of aromatic amines is 1. The van der Waals surface area contributed by atoms with Gasteiger partial charge in [0.2, 0.25) is 11.9 Å². The minimum absolute atomic E-state index is 0.0462. The number of hydrogen-bond donors (Lipinski definition) is 2. The Hall–Kier alpha value is -4.66. The van der Waals surface area contributed by atoms with Gasteiger partial charge in [-0.2, -0.15) is 4.98 Å². The molecule has 1 atom stereocenters. The number of rotatable bonds is 7. The van der Waals surface area contributed by atoms with E-state index in [4.69, 9.17) is 0 Å². The molecule has 9 nitrogen and oxygen atoms in total. The number of aromatic nitrogens is 3. The molecule has 1 heterocycles. The molecule has 0 aliphatic carbocycles. The maximum atomic E-state index is 12.8. The molecule has 9 heteroatoms. The molecule has 0 spiro atoms. The molecule has 2 N–H and O–H groups in total. The van der Waals surface area contributed by atoms with Crippen molar-refractivity contribution in [3.63, 3.8) is 0 Å². The van der Waals surface area contributed by atoms with Gasteiger partial charge in [-0.05, 0) is 18.6 Å². The van der Waals surface area contributed by atoms with Crippen molar-refractivity contribution in [3.05, 3.63) is 106 Å². The predicted molar refractivity (Wildman–Crippen MR) is 122 cm³/mol. The SMILES string of the molecule is CC(C(=O)Nc1n[nH]c(-c2cccc([N+](=O)[O-])c2)n1)c1cccc(C(=O)c2ccccc2)c1. The van der Waals surface area contributed by atoms with Crippen LogP contribution in [-0.4, -0.2) is 31.8 Å². The lowest BCUT2D eigenvalue weighted by molar-refractivity contribution is -0.384. The highest BCUT2D eigenvalue weighted by Crippen LogP contribution is 2.23. The van der Waals surface area contributed by atoms with E-state index in [2.05, 4.69) is 20.5 Å². The molecule has 4 rings (SSSR count). The zero-order valence-corrected chi connectivity index (χ0v) is 17.6. The highest BCUT2D eigenvalue weighted by atomic mass is 16.6. The molecule has 0 bridgehead atoms. The van der Waals surface area contributed by atoms with Crippen LogP contribution in [0, 0.1) is 10.1 Å². The predicted octanol–water partition coefficient (Wildman–Crippen LogP) is 4.35. The van der Waals surface area contributed by atoms with E-state index in [9.17, 15) is 19.7 Å². The van der Waals surface area contributed by atoms with Gasteiger partial charge in [0.15, 0.2) is 11.6 Å². The van der Waals surface area contributed by atoms with Gasteiger partial charge in [-0.25, -0.2) is 0 Å². The lowest BCUT2D eigenvalue weighted by Gasteiger charge is -2.12. The molecule has 0 saturated carbocycles. The molecule has 0 aliphatic heterocycles. The normalized spacial score (nSPS) is 11.5. The Bertz CT molecular complexity index is 1330. The minimum atomic E-state index is -0.576. The lowest BCUT2D eigenvalue weighted by atomic mass is 9.95. The smallest absolute Gasteiger partial charge is 0.270 e. The number of amides is 1. The summed E-state index contributed by atoms with van der Waals surface area (Å²) in [5, 5.41) is 20.3. The molecule has 4 aromatic rings. The number of anilines is 1. The van der Waals surface area contributed by atoms with Crippen LogP contribution in [0.25, 0.3) is 11.4 Å². The number of carbonyl (C=O) groups excluding carboxylic acids is 2. The van der Waals surface area contributed by atoms with E-state index in [1.807, 2.05) is 6.07 Å². The Balaban J connectivity index is 1.48. The van der Waals surface area contributed by atoms with Gasteiger partial charge < -0.3 is 0 Å². The maximum absolute atomic E-state index is 12.8. The number of nitrogens with one attached hydrogen (secondary N) is 2. The van der Waals surface area contributed by atoms with Crippen molar-refractivity contribution in [1.29, 1.82) is 0 Å². The van der Waals surface area contributed by atoms with Crippen molar-refractivity contribution in [2.24, 2.45) is 0 Å². The van der Waals surface area contributed by atoms with E-state index >= 15 is 0 Å². The van der Waals surface area contributed by atoms with Crippen molar-refractivity contribution < 1.29 is 14.5 Å². The molecule has 0 fully saturated rings. The number of non-ortho nitro benzene ring substituents is 1. The van der Waals surface area contributed by atoms with Gasteiger partial charge >= 0.3 is 0 Å². The first kappa shape index (κ1) is 21.6. The van der Waals surface area contributed by atoms with Crippen LogP contribution in [0.15, 0.2) is 78.9 Å². The summed E-state index contributed by atoms with van der Waals surface area (Å²) in [6, 6.07) is 21.8. The second-order valence-corrected chi connectivity index (χ2v) is 7.35. The van der Waals surface area contributed by atoms with Crippen LogP contribution >= 0.6 is 0 Å². The van der Waals surface area contributed by atoms with Crippen LogP contribution in [-0.2, 0) is 4.79 Å². The molecule has 1 aromatic heterocycles. The number of hydrogen-bond acceptors (Lipinski definition) is 6. The molecular formula is C24H19N5O4. The van der Waals surface area contributed by atoms with Gasteiger partial charge in [0.05, 0.1) is 10.8 Å². The van der Waals surface area contributed by atoms with E-state index in [0.29, 0.717) is 22.3 Å². The molecule has 1 unspecified atom stereocenters. The third kappa shape index (κ3) is 4.82. The maximum Gasteiger partial charge on any atom is 0.270 e. The van der Waals surface area contributed by atoms with Crippen LogP contribution < -0.4 is 5.32 Å². The highest BCUT2D eigenvalue weighted by molar-refractivity contribution is 6.09. The fraction of sp³-hybridized carbons (Fsp3) is 0.0833. The van der Waals surface area contributed by atoms with Crippen molar-refractivity contribution in [2.45, 2.75) is 12.8 Å². The van der Waals surface area contributed by atoms with Gasteiger partial charge in [-0.3, -0.25) is 30.1 Å². The molecular weight excluding hydrogens is 422 g/mol. The van der Waals surface area contributed by atoms with Crippen molar-refractivity contribution >= 4 is 23.3 Å². The summed E-state index contributed by atoms with van der Waals surface area (Å²) in [7, 11) is 0. The van der Waals surface area contributed by atoms with E-state index in [-0.39, 0.29) is 29.2 Å². The molecule has 0 radical (unpaired) electrons. The van der Waals surface area contributed by atoms with E-state index in [0.717, 1.165) is 0 Å². The van der Waals surface area contributed by atoms with Crippen LogP contribution in [0.2, 0.25) is 0 Å². The second kappa shape index (κ2) is 9.23. The number of nitrogens with zero attached hydrogens (tertiary/aromatic N) is 3. The summed E-state index contributed by atoms with van der Waals surface area (Å²) in [6.07, 6.45) is 0. The third-order valence-corrected chi connectivity index (χ3v) is 5.13. The van der Waals surface area contributed by atoms with E-state index in [1.165, 1.54) is 12.1 Å². The van der Waals surface area contributed by atoms with Crippen LogP contribution in [0.5, 0.6) is 0 Å². The Morgan fingerprint density at radius 2 is 1.70 bits per heavy atom. The minimum Gasteiger partial charge on any atom is -0.293 e. The molecule has 33 heavy (non-hydrogen) atoms. The third-order valence-electron chi connectivity index (χ3n) is 5.13. The largest absolute Gasteiger partial charge is 0.293 e.